The highest BCUT2D eigenvalue weighted by Gasteiger charge is 2.16. The Kier molecular flexibility index (Phi) is 5.82. The van der Waals surface area contributed by atoms with E-state index in [1.165, 1.54) is 11.8 Å². The van der Waals surface area contributed by atoms with Crippen LogP contribution < -0.4 is 11.0 Å². The number of carbonyl (C=O) groups is 1. The molecule has 3 aromatic rings. The van der Waals surface area contributed by atoms with Gasteiger partial charge >= 0.3 is 5.69 Å². The van der Waals surface area contributed by atoms with Crippen molar-refractivity contribution in [1.29, 1.82) is 0 Å². The van der Waals surface area contributed by atoms with Gasteiger partial charge in [0, 0.05) is 11.9 Å². The van der Waals surface area contributed by atoms with Crippen molar-refractivity contribution in [3.05, 3.63) is 46.6 Å². The number of fused-ring (bicyclic) bond motifs is 1. The van der Waals surface area contributed by atoms with Crippen LogP contribution in [0.5, 0.6) is 0 Å². The third-order valence-corrected chi connectivity index (χ3v) is 5.02. The average molecular weight is 374 g/mol. The lowest BCUT2D eigenvalue weighted by Gasteiger charge is -2.11. The smallest absolute Gasteiger partial charge is 0.343 e. The van der Waals surface area contributed by atoms with E-state index in [0.29, 0.717) is 17.5 Å². The Balaban J connectivity index is 1.58. The minimum absolute atomic E-state index is 0.138. The molecule has 2 aromatic heterocycles. The van der Waals surface area contributed by atoms with Gasteiger partial charge in [-0.05, 0) is 25.5 Å². The number of thioether (sulfide) groups is 1. The van der Waals surface area contributed by atoms with Crippen molar-refractivity contribution in [2.45, 2.75) is 44.4 Å². The summed E-state index contributed by atoms with van der Waals surface area (Å²) in [7, 11) is 0. The van der Waals surface area contributed by atoms with Crippen molar-refractivity contribution < 1.29 is 9.21 Å². The normalized spacial score (nSPS) is 12.4. The molecule has 0 bridgehead atoms. The summed E-state index contributed by atoms with van der Waals surface area (Å²) in [6.45, 7) is 4.54. The molecule has 0 aliphatic heterocycles. The molecule has 1 amide bonds. The van der Waals surface area contributed by atoms with Gasteiger partial charge in [-0.15, -0.1) is 5.10 Å². The van der Waals surface area contributed by atoms with E-state index >= 15 is 0 Å². The second-order valence-corrected chi connectivity index (χ2v) is 7.02. The molecule has 0 spiro atoms. The zero-order chi connectivity index (χ0) is 18.5. The maximum Gasteiger partial charge on any atom is 0.343 e. The first-order chi connectivity index (χ1) is 12.6. The van der Waals surface area contributed by atoms with Gasteiger partial charge in [0.1, 0.15) is 11.3 Å². The van der Waals surface area contributed by atoms with Crippen LogP contribution in [-0.2, 0) is 11.3 Å². The number of nitrogens with zero attached hydrogens (tertiary/aromatic N) is 2. The number of amides is 1. The highest BCUT2D eigenvalue weighted by molar-refractivity contribution is 7.99. The van der Waals surface area contributed by atoms with Gasteiger partial charge in [-0.1, -0.05) is 43.3 Å². The molecule has 0 aliphatic carbocycles. The van der Waals surface area contributed by atoms with Crippen LogP contribution in [0.3, 0.4) is 0 Å². The molecule has 0 saturated heterocycles. The third-order valence-electron chi connectivity index (χ3n) is 4.04. The van der Waals surface area contributed by atoms with Gasteiger partial charge in [0.25, 0.3) is 0 Å². The van der Waals surface area contributed by atoms with Gasteiger partial charge < -0.3 is 9.73 Å². The van der Waals surface area contributed by atoms with Crippen LogP contribution in [0.4, 0.5) is 0 Å². The summed E-state index contributed by atoms with van der Waals surface area (Å²) < 4.78 is 7.35. The molecule has 1 aromatic carbocycles. The Bertz CT molecular complexity index is 910. The summed E-state index contributed by atoms with van der Waals surface area (Å²) in [4.78, 5) is 24.0. The lowest BCUT2D eigenvalue weighted by atomic mass is 10.2. The molecule has 26 heavy (non-hydrogen) atoms. The van der Waals surface area contributed by atoms with Crippen LogP contribution in [0.2, 0.25) is 0 Å². The highest BCUT2D eigenvalue weighted by Crippen LogP contribution is 2.23. The number of hydrogen-bond acceptors (Lipinski definition) is 5. The van der Waals surface area contributed by atoms with Gasteiger partial charge in [-0.3, -0.25) is 9.36 Å². The van der Waals surface area contributed by atoms with Crippen molar-refractivity contribution in [2.75, 3.05) is 5.75 Å². The molecular weight excluding hydrogens is 352 g/mol. The van der Waals surface area contributed by atoms with Crippen LogP contribution in [-0.4, -0.2) is 26.4 Å². The average Bonchev–Trinajstić information content (AvgIpc) is 3.21. The number of para-hydroxylation sites is 1. The molecular formula is C18H22N4O3S. The Hall–Kier alpha value is -2.48. The van der Waals surface area contributed by atoms with Crippen LogP contribution >= 0.6 is 11.8 Å². The first kappa shape index (κ1) is 18.3. The summed E-state index contributed by atoms with van der Waals surface area (Å²) in [5, 5.41) is 10.9. The van der Waals surface area contributed by atoms with Gasteiger partial charge in [0.2, 0.25) is 5.91 Å². The summed E-state index contributed by atoms with van der Waals surface area (Å²) in [6.07, 6.45) is 1.87. The van der Waals surface area contributed by atoms with E-state index in [1.54, 1.807) is 4.57 Å². The molecule has 1 atom stereocenters. The van der Waals surface area contributed by atoms with Gasteiger partial charge in [0.05, 0.1) is 11.8 Å². The Morgan fingerprint density at radius 2 is 2.23 bits per heavy atom. The van der Waals surface area contributed by atoms with Crippen molar-refractivity contribution in [1.82, 2.24) is 20.1 Å². The second kappa shape index (κ2) is 8.27. The molecule has 0 saturated carbocycles. The zero-order valence-electron chi connectivity index (χ0n) is 14.8. The van der Waals surface area contributed by atoms with Crippen molar-refractivity contribution in [2.24, 2.45) is 0 Å². The Morgan fingerprint density at radius 1 is 1.42 bits per heavy atom. The highest BCUT2D eigenvalue weighted by atomic mass is 32.2. The monoisotopic (exact) mass is 374 g/mol. The quantitative estimate of drug-likeness (QED) is 0.591. The minimum Gasteiger partial charge on any atom is -0.459 e. The summed E-state index contributed by atoms with van der Waals surface area (Å²) >= 11 is 1.25. The number of hydrogen-bond donors (Lipinski definition) is 2. The van der Waals surface area contributed by atoms with Crippen LogP contribution in [0.1, 0.15) is 38.5 Å². The minimum atomic E-state index is -0.239. The molecule has 2 N–H and O–H groups in total. The van der Waals surface area contributed by atoms with Crippen molar-refractivity contribution >= 4 is 28.6 Å². The van der Waals surface area contributed by atoms with Crippen LogP contribution in [0, 0.1) is 0 Å². The maximum atomic E-state index is 12.2. The third kappa shape index (κ3) is 4.19. The Labute approximate surface area is 155 Å². The van der Waals surface area contributed by atoms with Crippen LogP contribution in [0.25, 0.3) is 11.0 Å². The number of aromatic nitrogens is 3. The lowest BCUT2D eigenvalue weighted by Crippen LogP contribution is -2.28. The van der Waals surface area contributed by atoms with Crippen molar-refractivity contribution in [3.63, 3.8) is 0 Å². The fourth-order valence-electron chi connectivity index (χ4n) is 2.63. The number of nitrogens with one attached hydrogen (secondary N) is 2. The Morgan fingerprint density at radius 3 is 3.00 bits per heavy atom. The van der Waals surface area contributed by atoms with Gasteiger partial charge in [0.15, 0.2) is 5.16 Å². The van der Waals surface area contributed by atoms with Gasteiger partial charge in [-0.2, -0.15) is 0 Å². The van der Waals surface area contributed by atoms with Crippen molar-refractivity contribution in [3.8, 4) is 0 Å². The van der Waals surface area contributed by atoms with E-state index in [0.717, 1.165) is 23.8 Å². The van der Waals surface area contributed by atoms with E-state index in [-0.39, 0.29) is 23.4 Å². The summed E-state index contributed by atoms with van der Waals surface area (Å²) in [5.41, 5.74) is 0.562. The topological polar surface area (TPSA) is 92.9 Å². The molecule has 0 fully saturated rings. The van der Waals surface area contributed by atoms with Gasteiger partial charge in [-0.25, -0.2) is 9.89 Å². The maximum absolute atomic E-state index is 12.2. The predicted octanol–water partition coefficient (Wildman–Crippen LogP) is 3.09. The number of aromatic amines is 1. The summed E-state index contributed by atoms with van der Waals surface area (Å²) in [5.74, 6) is 0.755. The standard InChI is InChI=1S/C18H22N4O3S/c1-3-4-9-22-17(24)20-21-18(22)26-11-16(23)19-12(2)15-10-13-7-5-6-8-14(13)25-15/h5-8,10,12H,3-4,9,11H2,1-2H3,(H,19,23)(H,20,24)/t12-/m0/s1. The molecule has 3 rings (SSSR count). The molecule has 7 nitrogen and oxygen atoms in total. The molecule has 0 aliphatic rings. The van der Waals surface area contributed by atoms with E-state index < -0.39 is 0 Å². The fourth-order valence-corrected chi connectivity index (χ4v) is 3.41. The predicted molar refractivity (Wildman–Crippen MR) is 101 cm³/mol. The molecule has 2 heterocycles. The first-order valence-corrected chi connectivity index (χ1v) is 9.63. The van der Waals surface area contributed by atoms with E-state index in [9.17, 15) is 9.59 Å². The number of benzene rings is 1. The lowest BCUT2D eigenvalue weighted by molar-refractivity contribution is -0.119. The fraction of sp³-hybridized carbons (Fsp3) is 0.389. The molecule has 0 unspecified atom stereocenters. The first-order valence-electron chi connectivity index (χ1n) is 8.64. The zero-order valence-corrected chi connectivity index (χ0v) is 15.6. The number of rotatable bonds is 8. The van der Waals surface area contributed by atoms with Crippen LogP contribution in [0.15, 0.2) is 44.7 Å². The van der Waals surface area contributed by atoms with E-state index in [1.807, 2.05) is 37.3 Å². The largest absolute Gasteiger partial charge is 0.459 e. The number of furan rings is 1. The molecule has 0 radical (unpaired) electrons. The van der Waals surface area contributed by atoms with E-state index in [4.69, 9.17) is 4.42 Å². The second-order valence-electron chi connectivity index (χ2n) is 6.08. The van der Waals surface area contributed by atoms with E-state index in [2.05, 4.69) is 22.4 Å². The number of H-pyrrole nitrogens is 1. The SMILES string of the molecule is CCCCn1c(SCC(=O)N[C@@H](C)c2cc3ccccc3o2)n[nH]c1=O. The number of carbonyl (C=O) groups excluding carboxylic acids is 1. The molecule has 8 heteroatoms. The number of unbranched alkanes of at least 4 members (excludes halogenated alkanes) is 1. The molecule has 138 valence electrons. The summed E-state index contributed by atoms with van der Waals surface area (Å²) in [6, 6.07) is 9.43.